The summed E-state index contributed by atoms with van der Waals surface area (Å²) >= 11 is 0. The van der Waals surface area contributed by atoms with Crippen molar-refractivity contribution in [2.45, 2.75) is 12.7 Å². The molecule has 3 aromatic rings. The maximum absolute atomic E-state index is 13.5. The number of carboxylic acid groups (broad SMARTS) is 1. The van der Waals surface area contributed by atoms with Gasteiger partial charge < -0.3 is 19.4 Å². The summed E-state index contributed by atoms with van der Waals surface area (Å²) in [4.78, 5) is 27.3. The summed E-state index contributed by atoms with van der Waals surface area (Å²) in [6, 6.07) is 3.69. The SMILES string of the molecule is O=C(O)Cn1nnc(-c2cc(N3CCN(C(=O)c4ccc(F)c(C(F)(F)F)c4)CC3)no2)n1. The number of carbonyl (C=O) groups excluding carboxylic acids is 1. The molecule has 0 bridgehead atoms. The lowest BCUT2D eigenvalue weighted by Gasteiger charge is -2.34. The molecule has 1 aliphatic rings. The molecule has 11 nitrogen and oxygen atoms in total. The molecular formula is C18H15F4N7O4. The predicted molar refractivity (Wildman–Crippen MR) is 100 cm³/mol. The zero-order valence-corrected chi connectivity index (χ0v) is 16.7. The van der Waals surface area contributed by atoms with Crippen LogP contribution in [0.4, 0.5) is 23.4 Å². The number of benzene rings is 1. The van der Waals surface area contributed by atoms with Crippen molar-refractivity contribution in [1.82, 2.24) is 30.3 Å². The molecule has 0 aliphatic carbocycles. The van der Waals surface area contributed by atoms with Crippen LogP contribution < -0.4 is 4.90 Å². The predicted octanol–water partition coefficient (Wildman–Crippen LogP) is 1.53. The van der Waals surface area contributed by atoms with Crippen LogP contribution in [0.1, 0.15) is 15.9 Å². The van der Waals surface area contributed by atoms with Crippen LogP contribution in [0.3, 0.4) is 0 Å². The summed E-state index contributed by atoms with van der Waals surface area (Å²) < 4.78 is 57.4. The van der Waals surface area contributed by atoms with Crippen LogP contribution in [-0.4, -0.2) is 73.4 Å². The summed E-state index contributed by atoms with van der Waals surface area (Å²) in [5, 5.41) is 23.8. The first-order valence-electron chi connectivity index (χ1n) is 9.49. The average molecular weight is 469 g/mol. The molecule has 0 unspecified atom stereocenters. The van der Waals surface area contributed by atoms with Crippen LogP contribution in [0.5, 0.6) is 0 Å². The molecule has 1 aromatic carbocycles. The van der Waals surface area contributed by atoms with Crippen molar-refractivity contribution in [3.8, 4) is 11.6 Å². The molecule has 2 aromatic heterocycles. The van der Waals surface area contributed by atoms with Gasteiger partial charge in [0, 0.05) is 37.8 Å². The zero-order valence-electron chi connectivity index (χ0n) is 16.7. The van der Waals surface area contributed by atoms with Crippen molar-refractivity contribution in [2.75, 3.05) is 31.1 Å². The van der Waals surface area contributed by atoms with Gasteiger partial charge in [0.15, 0.2) is 12.4 Å². The first-order chi connectivity index (χ1) is 15.6. The smallest absolute Gasteiger partial charge is 0.419 e. The standard InChI is InChI=1S/C18H15F4N7O4/c19-12-2-1-10(7-11(12)18(20,21)22)17(32)28-5-3-27(4-6-28)14-8-13(33-25-14)16-23-26-29(24-16)9-15(30)31/h1-2,7-8H,3-6,9H2,(H,30,31). The summed E-state index contributed by atoms with van der Waals surface area (Å²) in [6.45, 7) is 0.524. The van der Waals surface area contributed by atoms with E-state index in [1.807, 2.05) is 0 Å². The Balaban J connectivity index is 1.40. The molecular weight excluding hydrogens is 454 g/mol. The highest BCUT2D eigenvalue weighted by Gasteiger charge is 2.35. The van der Waals surface area contributed by atoms with Gasteiger partial charge in [-0.15, -0.1) is 10.2 Å². The van der Waals surface area contributed by atoms with E-state index in [2.05, 4.69) is 20.6 Å². The second kappa shape index (κ2) is 8.48. The van der Waals surface area contributed by atoms with Gasteiger partial charge in [-0.3, -0.25) is 9.59 Å². The lowest BCUT2D eigenvalue weighted by atomic mass is 10.1. The zero-order chi connectivity index (χ0) is 23.8. The number of rotatable bonds is 5. The van der Waals surface area contributed by atoms with Crippen molar-refractivity contribution in [3.63, 3.8) is 0 Å². The minimum absolute atomic E-state index is 0.0422. The summed E-state index contributed by atoms with van der Waals surface area (Å²) in [5.41, 5.74) is -1.74. The number of aromatic nitrogens is 5. The van der Waals surface area contributed by atoms with E-state index in [1.54, 1.807) is 4.90 Å². The molecule has 1 aliphatic heterocycles. The molecule has 3 heterocycles. The Kier molecular flexibility index (Phi) is 5.69. The van der Waals surface area contributed by atoms with E-state index >= 15 is 0 Å². The highest BCUT2D eigenvalue weighted by atomic mass is 19.4. The normalized spacial score (nSPS) is 14.5. The van der Waals surface area contributed by atoms with Crippen LogP contribution >= 0.6 is 0 Å². The topological polar surface area (TPSA) is 130 Å². The number of hydrogen-bond acceptors (Lipinski definition) is 8. The molecule has 0 saturated carbocycles. The molecule has 33 heavy (non-hydrogen) atoms. The molecule has 1 saturated heterocycles. The second-order valence-corrected chi connectivity index (χ2v) is 7.06. The molecule has 1 amide bonds. The Labute approximate surface area is 182 Å². The molecule has 1 fully saturated rings. The Morgan fingerprint density at radius 2 is 1.85 bits per heavy atom. The van der Waals surface area contributed by atoms with Crippen molar-refractivity contribution in [2.24, 2.45) is 0 Å². The molecule has 0 radical (unpaired) electrons. The van der Waals surface area contributed by atoms with E-state index in [1.165, 1.54) is 11.0 Å². The number of anilines is 1. The number of alkyl halides is 3. The Morgan fingerprint density at radius 1 is 1.12 bits per heavy atom. The number of hydrogen-bond donors (Lipinski definition) is 1. The maximum atomic E-state index is 13.5. The van der Waals surface area contributed by atoms with Crippen molar-refractivity contribution < 1.29 is 36.8 Å². The number of halogens is 4. The summed E-state index contributed by atoms with van der Waals surface area (Å²) in [7, 11) is 0. The number of amides is 1. The maximum Gasteiger partial charge on any atom is 0.419 e. The van der Waals surface area contributed by atoms with Gasteiger partial charge in [-0.2, -0.15) is 18.0 Å². The van der Waals surface area contributed by atoms with E-state index in [0.29, 0.717) is 31.0 Å². The number of tetrazole rings is 1. The van der Waals surface area contributed by atoms with Gasteiger partial charge in [-0.1, -0.05) is 5.16 Å². The van der Waals surface area contributed by atoms with Gasteiger partial charge in [0.1, 0.15) is 5.82 Å². The van der Waals surface area contributed by atoms with Gasteiger partial charge >= 0.3 is 12.1 Å². The van der Waals surface area contributed by atoms with Gasteiger partial charge in [-0.25, -0.2) is 4.39 Å². The molecule has 4 rings (SSSR count). The van der Waals surface area contributed by atoms with Gasteiger partial charge in [0.25, 0.3) is 5.91 Å². The highest BCUT2D eigenvalue weighted by molar-refractivity contribution is 5.94. The molecule has 0 spiro atoms. The van der Waals surface area contributed by atoms with E-state index in [4.69, 9.17) is 9.63 Å². The minimum Gasteiger partial charge on any atom is -0.480 e. The monoisotopic (exact) mass is 469 g/mol. The lowest BCUT2D eigenvalue weighted by Crippen LogP contribution is -2.49. The number of aliphatic carboxylic acids is 1. The third-order valence-electron chi connectivity index (χ3n) is 4.86. The van der Waals surface area contributed by atoms with Crippen molar-refractivity contribution in [3.05, 3.63) is 41.2 Å². The fourth-order valence-electron chi connectivity index (χ4n) is 3.25. The third-order valence-corrected chi connectivity index (χ3v) is 4.86. The number of carboxylic acids is 1. The van der Waals surface area contributed by atoms with Crippen molar-refractivity contribution in [1.29, 1.82) is 0 Å². The highest BCUT2D eigenvalue weighted by Crippen LogP contribution is 2.32. The summed E-state index contributed by atoms with van der Waals surface area (Å²) in [5.74, 6) is -2.61. The first kappa shape index (κ1) is 22.2. The second-order valence-electron chi connectivity index (χ2n) is 7.06. The minimum atomic E-state index is -4.91. The molecule has 0 atom stereocenters. The van der Waals surface area contributed by atoms with Crippen LogP contribution in [0.2, 0.25) is 0 Å². The van der Waals surface area contributed by atoms with E-state index in [0.717, 1.165) is 10.9 Å². The van der Waals surface area contributed by atoms with Crippen LogP contribution in [0, 0.1) is 5.82 Å². The quantitative estimate of drug-likeness (QED) is 0.553. The number of piperazine rings is 1. The first-order valence-corrected chi connectivity index (χ1v) is 9.49. The van der Waals surface area contributed by atoms with Crippen LogP contribution in [0.25, 0.3) is 11.6 Å². The van der Waals surface area contributed by atoms with E-state index in [9.17, 15) is 27.2 Å². The van der Waals surface area contributed by atoms with Crippen LogP contribution in [0.15, 0.2) is 28.8 Å². The number of nitrogens with zero attached hydrogens (tertiary/aromatic N) is 7. The Bertz CT molecular complexity index is 1180. The average Bonchev–Trinajstić information content (AvgIpc) is 3.42. The molecule has 1 N–H and O–H groups in total. The Morgan fingerprint density at radius 3 is 2.52 bits per heavy atom. The van der Waals surface area contributed by atoms with Gasteiger partial charge in [0.05, 0.1) is 5.56 Å². The number of carbonyl (C=O) groups is 2. The van der Waals surface area contributed by atoms with Crippen molar-refractivity contribution >= 4 is 17.7 Å². The largest absolute Gasteiger partial charge is 0.480 e. The third kappa shape index (κ3) is 4.75. The fourth-order valence-corrected chi connectivity index (χ4v) is 3.25. The Hall–Kier alpha value is -4.04. The lowest BCUT2D eigenvalue weighted by molar-refractivity contribution is -0.140. The van der Waals surface area contributed by atoms with E-state index in [-0.39, 0.29) is 30.2 Å². The summed E-state index contributed by atoms with van der Waals surface area (Å²) in [6.07, 6.45) is -4.91. The fraction of sp³-hybridized carbons (Fsp3) is 0.333. The van der Waals surface area contributed by atoms with Gasteiger partial charge in [-0.05, 0) is 23.4 Å². The molecule has 174 valence electrons. The van der Waals surface area contributed by atoms with E-state index < -0.39 is 36.0 Å². The molecule has 15 heteroatoms. The van der Waals surface area contributed by atoms with Gasteiger partial charge in [0.2, 0.25) is 11.6 Å². The van der Waals surface area contributed by atoms with Crippen LogP contribution in [-0.2, 0) is 17.5 Å².